The summed E-state index contributed by atoms with van der Waals surface area (Å²) >= 11 is 0. The van der Waals surface area contributed by atoms with E-state index in [2.05, 4.69) is 21.9 Å². The lowest BCUT2D eigenvalue weighted by atomic mass is 9.94. The zero-order chi connectivity index (χ0) is 15.9. The molecule has 1 rings (SSSR count). The molecule has 1 fully saturated rings. The Kier molecular flexibility index (Phi) is 6.66. The van der Waals surface area contributed by atoms with Gasteiger partial charge in [-0.1, -0.05) is 19.8 Å². The Bertz CT molecular complexity index is 412. The van der Waals surface area contributed by atoms with E-state index in [1.54, 1.807) is 7.05 Å². The maximum atomic E-state index is 12.3. The lowest BCUT2D eigenvalue weighted by Gasteiger charge is -2.35. The van der Waals surface area contributed by atoms with E-state index in [4.69, 9.17) is 6.42 Å². The van der Waals surface area contributed by atoms with Gasteiger partial charge in [-0.2, -0.15) is 0 Å². The van der Waals surface area contributed by atoms with Crippen LogP contribution in [0.15, 0.2) is 0 Å². The lowest BCUT2D eigenvalue weighted by Crippen LogP contribution is -2.60. The summed E-state index contributed by atoms with van der Waals surface area (Å²) in [5, 5.41) is 8.74. The molecule has 0 aliphatic carbocycles. The first-order chi connectivity index (χ1) is 10.0. The van der Waals surface area contributed by atoms with E-state index in [0.717, 1.165) is 6.54 Å². The average molecular weight is 294 g/mol. The maximum absolute atomic E-state index is 12.3. The standard InChI is InChI=1S/C15H26N4O2/c1-5-15(6-2,7-3)18-13(20)11-19-9-8-17-10-12(19)14(21)16-4/h1,12,17H,6-11H2,2-4H3,(H,16,21)(H,18,20). The molecule has 118 valence electrons. The Morgan fingerprint density at radius 1 is 1.43 bits per heavy atom. The van der Waals surface area contributed by atoms with E-state index in [9.17, 15) is 9.59 Å². The minimum atomic E-state index is -0.590. The highest BCUT2D eigenvalue weighted by atomic mass is 16.2. The monoisotopic (exact) mass is 294 g/mol. The number of hydrogen-bond acceptors (Lipinski definition) is 4. The topological polar surface area (TPSA) is 73.5 Å². The first-order valence-electron chi connectivity index (χ1n) is 7.47. The Hall–Kier alpha value is -1.58. The minimum absolute atomic E-state index is 0.0794. The van der Waals surface area contributed by atoms with Gasteiger partial charge in [0.25, 0.3) is 0 Å². The highest BCUT2D eigenvalue weighted by Gasteiger charge is 2.31. The van der Waals surface area contributed by atoms with Crippen molar-refractivity contribution in [1.82, 2.24) is 20.9 Å². The Balaban J connectivity index is 2.68. The molecule has 1 atom stereocenters. The van der Waals surface area contributed by atoms with Crippen LogP contribution in [0, 0.1) is 12.3 Å². The number of piperazine rings is 1. The highest BCUT2D eigenvalue weighted by Crippen LogP contribution is 2.13. The van der Waals surface area contributed by atoms with Crippen LogP contribution < -0.4 is 16.0 Å². The normalized spacial score (nSPS) is 19.6. The van der Waals surface area contributed by atoms with Gasteiger partial charge in [0.1, 0.15) is 11.6 Å². The predicted molar refractivity (Wildman–Crippen MR) is 82.6 cm³/mol. The van der Waals surface area contributed by atoms with Crippen LogP contribution in [-0.2, 0) is 9.59 Å². The molecule has 0 aromatic carbocycles. The van der Waals surface area contributed by atoms with Crippen LogP contribution in [0.4, 0.5) is 0 Å². The number of likely N-dealkylation sites (N-methyl/N-ethyl adjacent to an activating group) is 1. The molecule has 0 aromatic heterocycles. The van der Waals surface area contributed by atoms with Gasteiger partial charge in [-0.25, -0.2) is 0 Å². The summed E-state index contributed by atoms with van der Waals surface area (Å²) in [4.78, 5) is 26.0. The van der Waals surface area contributed by atoms with Crippen LogP contribution in [0.1, 0.15) is 26.7 Å². The van der Waals surface area contributed by atoms with Crippen molar-refractivity contribution < 1.29 is 9.59 Å². The zero-order valence-corrected chi connectivity index (χ0v) is 13.2. The van der Waals surface area contributed by atoms with Gasteiger partial charge in [-0.05, 0) is 12.8 Å². The molecule has 1 aliphatic rings. The van der Waals surface area contributed by atoms with Crippen LogP contribution in [-0.4, -0.2) is 61.5 Å². The molecule has 6 nitrogen and oxygen atoms in total. The molecule has 0 saturated carbocycles. The van der Waals surface area contributed by atoms with Crippen molar-refractivity contribution in [3.63, 3.8) is 0 Å². The van der Waals surface area contributed by atoms with Crippen molar-refractivity contribution in [1.29, 1.82) is 0 Å². The fourth-order valence-corrected chi connectivity index (χ4v) is 2.52. The van der Waals surface area contributed by atoms with Gasteiger partial charge >= 0.3 is 0 Å². The fourth-order valence-electron chi connectivity index (χ4n) is 2.52. The summed E-state index contributed by atoms with van der Waals surface area (Å²) in [6.07, 6.45) is 6.93. The number of carbonyl (C=O) groups is 2. The molecule has 1 saturated heterocycles. The third-order valence-electron chi connectivity index (χ3n) is 4.11. The molecule has 0 aromatic rings. The van der Waals surface area contributed by atoms with Crippen LogP contribution >= 0.6 is 0 Å². The summed E-state index contributed by atoms with van der Waals surface area (Å²) in [6.45, 7) is 6.08. The lowest BCUT2D eigenvalue weighted by molar-refractivity contribution is -0.129. The van der Waals surface area contributed by atoms with Crippen LogP contribution in [0.5, 0.6) is 0 Å². The number of nitrogens with zero attached hydrogens (tertiary/aromatic N) is 1. The van der Waals surface area contributed by atoms with Crippen molar-refractivity contribution in [2.45, 2.75) is 38.3 Å². The highest BCUT2D eigenvalue weighted by molar-refractivity contribution is 5.84. The van der Waals surface area contributed by atoms with Gasteiger partial charge in [0.2, 0.25) is 11.8 Å². The summed E-state index contributed by atoms with van der Waals surface area (Å²) < 4.78 is 0. The molecule has 6 heteroatoms. The Labute approximate surface area is 127 Å². The second-order valence-corrected chi connectivity index (χ2v) is 5.29. The number of hydrogen-bond donors (Lipinski definition) is 3. The molecule has 3 N–H and O–H groups in total. The third kappa shape index (κ3) is 4.45. The van der Waals surface area contributed by atoms with Crippen molar-refractivity contribution in [2.24, 2.45) is 0 Å². The van der Waals surface area contributed by atoms with Gasteiger partial charge in [-0.15, -0.1) is 6.42 Å². The van der Waals surface area contributed by atoms with Gasteiger partial charge in [0.05, 0.1) is 6.54 Å². The predicted octanol–water partition coefficient (Wildman–Crippen LogP) is -0.686. The SMILES string of the molecule is C#CC(CC)(CC)NC(=O)CN1CCNCC1C(=O)NC. The Morgan fingerprint density at radius 3 is 2.62 bits per heavy atom. The van der Waals surface area contributed by atoms with E-state index in [-0.39, 0.29) is 24.4 Å². The Morgan fingerprint density at radius 2 is 2.10 bits per heavy atom. The van der Waals surface area contributed by atoms with Gasteiger partial charge < -0.3 is 16.0 Å². The van der Waals surface area contributed by atoms with Crippen LogP contribution in [0.25, 0.3) is 0 Å². The molecule has 21 heavy (non-hydrogen) atoms. The van der Waals surface area contributed by atoms with E-state index < -0.39 is 5.54 Å². The second kappa shape index (κ2) is 8.01. The molecular weight excluding hydrogens is 268 g/mol. The van der Waals surface area contributed by atoms with Gasteiger partial charge in [0.15, 0.2) is 0 Å². The van der Waals surface area contributed by atoms with Crippen LogP contribution in [0.3, 0.4) is 0 Å². The van der Waals surface area contributed by atoms with Crippen LogP contribution in [0.2, 0.25) is 0 Å². The van der Waals surface area contributed by atoms with Gasteiger partial charge in [0, 0.05) is 26.7 Å². The molecule has 2 amide bonds. The number of carbonyl (C=O) groups excluding carboxylic acids is 2. The molecule has 0 radical (unpaired) electrons. The van der Waals surface area contributed by atoms with Crippen molar-refractivity contribution in [3.8, 4) is 12.3 Å². The summed E-state index contributed by atoms with van der Waals surface area (Å²) in [5.41, 5.74) is -0.590. The molecule has 1 unspecified atom stereocenters. The smallest absolute Gasteiger partial charge is 0.238 e. The quantitative estimate of drug-likeness (QED) is 0.567. The molecule has 1 aliphatic heterocycles. The molecule has 0 bridgehead atoms. The van der Waals surface area contributed by atoms with Crippen molar-refractivity contribution in [3.05, 3.63) is 0 Å². The number of terminal acetylenes is 1. The first kappa shape index (κ1) is 17.5. The molecule has 1 heterocycles. The maximum Gasteiger partial charge on any atom is 0.238 e. The van der Waals surface area contributed by atoms with Crippen molar-refractivity contribution >= 4 is 11.8 Å². The average Bonchev–Trinajstić information content (AvgIpc) is 2.52. The van der Waals surface area contributed by atoms with E-state index >= 15 is 0 Å². The van der Waals surface area contributed by atoms with E-state index in [1.807, 2.05) is 18.7 Å². The zero-order valence-electron chi connectivity index (χ0n) is 13.2. The fraction of sp³-hybridized carbons (Fsp3) is 0.733. The summed E-state index contributed by atoms with van der Waals surface area (Å²) in [7, 11) is 1.60. The van der Waals surface area contributed by atoms with Crippen molar-refractivity contribution in [2.75, 3.05) is 33.2 Å². The summed E-state index contributed by atoms with van der Waals surface area (Å²) in [6, 6.07) is -0.321. The van der Waals surface area contributed by atoms with E-state index in [0.29, 0.717) is 25.9 Å². The minimum Gasteiger partial charge on any atom is -0.358 e. The first-order valence-corrected chi connectivity index (χ1v) is 7.47. The number of amides is 2. The molecular formula is C15H26N4O2. The third-order valence-corrected chi connectivity index (χ3v) is 4.11. The summed E-state index contributed by atoms with van der Waals surface area (Å²) in [5.74, 6) is 2.47. The molecule has 0 spiro atoms. The van der Waals surface area contributed by atoms with E-state index in [1.165, 1.54) is 0 Å². The van der Waals surface area contributed by atoms with Gasteiger partial charge in [-0.3, -0.25) is 14.5 Å². The number of rotatable bonds is 6. The largest absolute Gasteiger partial charge is 0.358 e. The second-order valence-electron chi connectivity index (χ2n) is 5.29. The number of nitrogens with one attached hydrogen (secondary N) is 3.